The minimum absolute atomic E-state index is 0.104. The van der Waals surface area contributed by atoms with Crippen molar-refractivity contribution in [1.82, 2.24) is 15.2 Å². The van der Waals surface area contributed by atoms with Crippen LogP contribution in [0.25, 0.3) is 0 Å². The molecule has 1 saturated heterocycles. The molecule has 11 heteroatoms. The number of nitrogens with two attached hydrogens (primary N) is 1. The van der Waals surface area contributed by atoms with Crippen LogP contribution in [0.2, 0.25) is 0 Å². The molecule has 1 saturated carbocycles. The molecular formula is C28H32F3N5O3. The fraction of sp³-hybridized carbons (Fsp3) is 0.500. The number of nitrogens with zero attached hydrogens (tertiary/aromatic N) is 3. The van der Waals surface area contributed by atoms with Gasteiger partial charge in [0.1, 0.15) is 17.9 Å². The SMILES string of the molecule is Nc1cc(C[C@H]2C(=O)N(C(=O)NC(C3CCCCC3)C(F)(F)F)C2C(=O)N2CCCc3ccccc32)ccn1. The summed E-state index contributed by atoms with van der Waals surface area (Å²) in [6, 6.07) is 6.14. The molecule has 0 radical (unpaired) electrons. The summed E-state index contributed by atoms with van der Waals surface area (Å²) in [5.74, 6) is -2.61. The van der Waals surface area contributed by atoms with E-state index < -0.39 is 47.9 Å². The molecule has 208 valence electrons. The number of anilines is 2. The molecule has 3 atom stereocenters. The lowest BCUT2D eigenvalue weighted by molar-refractivity contribution is -0.170. The van der Waals surface area contributed by atoms with Gasteiger partial charge < -0.3 is 16.0 Å². The monoisotopic (exact) mass is 543 g/mol. The van der Waals surface area contributed by atoms with Gasteiger partial charge in [-0.3, -0.25) is 14.5 Å². The Morgan fingerprint density at radius 1 is 1.10 bits per heavy atom. The molecule has 3 N–H and O–H groups in total. The van der Waals surface area contributed by atoms with Crippen molar-refractivity contribution in [3.05, 3.63) is 53.7 Å². The maximum Gasteiger partial charge on any atom is 0.408 e. The molecule has 4 amide bonds. The van der Waals surface area contributed by atoms with Crippen LogP contribution in [0.1, 0.15) is 49.7 Å². The average molecular weight is 544 g/mol. The lowest BCUT2D eigenvalue weighted by atomic mass is 9.81. The number of amides is 4. The number of hydrogen-bond acceptors (Lipinski definition) is 5. The van der Waals surface area contributed by atoms with Gasteiger partial charge in [-0.1, -0.05) is 37.5 Å². The Morgan fingerprint density at radius 3 is 2.56 bits per heavy atom. The molecule has 1 aromatic heterocycles. The van der Waals surface area contributed by atoms with Crippen molar-refractivity contribution in [1.29, 1.82) is 0 Å². The number of nitrogen functional groups attached to an aromatic ring is 1. The molecule has 1 aromatic carbocycles. The highest BCUT2D eigenvalue weighted by atomic mass is 19.4. The van der Waals surface area contributed by atoms with E-state index in [1.807, 2.05) is 12.1 Å². The van der Waals surface area contributed by atoms with Gasteiger partial charge in [-0.2, -0.15) is 13.2 Å². The van der Waals surface area contributed by atoms with E-state index in [9.17, 15) is 27.6 Å². The van der Waals surface area contributed by atoms with Crippen LogP contribution < -0.4 is 16.0 Å². The number of pyridine rings is 1. The maximum absolute atomic E-state index is 14.1. The van der Waals surface area contributed by atoms with Gasteiger partial charge in [0.2, 0.25) is 5.91 Å². The third-order valence-corrected chi connectivity index (χ3v) is 8.12. The number of nitrogens with one attached hydrogen (secondary N) is 1. The van der Waals surface area contributed by atoms with Gasteiger partial charge in [-0.25, -0.2) is 9.78 Å². The molecule has 0 bridgehead atoms. The smallest absolute Gasteiger partial charge is 0.384 e. The van der Waals surface area contributed by atoms with E-state index in [4.69, 9.17) is 5.73 Å². The first kappa shape index (κ1) is 27.0. The Morgan fingerprint density at radius 2 is 1.85 bits per heavy atom. The number of benzene rings is 1. The molecule has 3 heterocycles. The zero-order valence-corrected chi connectivity index (χ0v) is 21.5. The Labute approximate surface area is 224 Å². The molecule has 5 rings (SSSR count). The molecule has 0 spiro atoms. The normalized spacial score (nSPS) is 22.6. The Hall–Kier alpha value is -3.63. The predicted molar refractivity (Wildman–Crippen MR) is 139 cm³/mol. The summed E-state index contributed by atoms with van der Waals surface area (Å²) < 4.78 is 42.2. The molecule has 2 aromatic rings. The van der Waals surface area contributed by atoms with Crippen molar-refractivity contribution in [3.63, 3.8) is 0 Å². The molecule has 2 aliphatic heterocycles. The standard InChI is InChI=1S/C28H32F3N5O3/c29-28(30,31)24(19-8-2-1-3-9-19)34-27(39)36-23(20(25(36)37)15-17-12-13-33-22(32)16-17)26(38)35-14-6-10-18-7-4-5-11-21(18)35/h4-5,7,11-13,16,19-20,23-24H,1-3,6,8-10,14-15H2,(H2,32,33)(H,34,39)/t20-,23?,24?/m1/s1. The van der Waals surface area contributed by atoms with Gasteiger partial charge in [-0.05, 0) is 67.3 Å². The van der Waals surface area contributed by atoms with Crippen LogP contribution in [-0.2, 0) is 22.4 Å². The number of β-lactam (4-membered cyclic amide) rings is 1. The number of carbonyl (C=O) groups excluding carboxylic acids is 3. The van der Waals surface area contributed by atoms with E-state index in [-0.39, 0.29) is 12.2 Å². The van der Waals surface area contributed by atoms with E-state index in [0.717, 1.165) is 18.4 Å². The number of urea groups is 1. The number of hydrogen-bond donors (Lipinski definition) is 2. The van der Waals surface area contributed by atoms with E-state index in [2.05, 4.69) is 10.3 Å². The Balaban J connectivity index is 1.43. The Bertz CT molecular complexity index is 1250. The van der Waals surface area contributed by atoms with Crippen LogP contribution in [0.4, 0.5) is 29.5 Å². The average Bonchev–Trinajstić information content (AvgIpc) is 2.92. The van der Waals surface area contributed by atoms with Gasteiger partial charge in [0.25, 0.3) is 5.91 Å². The third kappa shape index (κ3) is 5.44. The molecule has 1 aliphatic carbocycles. The van der Waals surface area contributed by atoms with Crippen LogP contribution in [-0.4, -0.2) is 52.5 Å². The highest BCUT2D eigenvalue weighted by Crippen LogP contribution is 2.38. The second-order valence-electron chi connectivity index (χ2n) is 10.6. The maximum atomic E-state index is 14.1. The number of rotatable bonds is 5. The van der Waals surface area contributed by atoms with Crippen molar-refractivity contribution >= 4 is 29.4 Å². The summed E-state index contributed by atoms with van der Waals surface area (Å²) in [5.41, 5.74) is 8.08. The van der Waals surface area contributed by atoms with Crippen LogP contribution >= 0.6 is 0 Å². The van der Waals surface area contributed by atoms with E-state index in [1.54, 1.807) is 29.2 Å². The summed E-state index contributed by atoms with van der Waals surface area (Å²) in [6.07, 6.45) is 1.24. The molecule has 39 heavy (non-hydrogen) atoms. The topological polar surface area (TPSA) is 109 Å². The summed E-state index contributed by atoms with van der Waals surface area (Å²) in [5, 5.41) is 2.10. The molecule has 3 aliphatic rings. The fourth-order valence-electron chi connectivity index (χ4n) is 6.19. The quantitative estimate of drug-likeness (QED) is 0.549. The zero-order valence-electron chi connectivity index (χ0n) is 21.5. The first-order valence-electron chi connectivity index (χ1n) is 13.4. The minimum atomic E-state index is -4.68. The van der Waals surface area contributed by atoms with Gasteiger partial charge in [-0.15, -0.1) is 0 Å². The number of aromatic nitrogens is 1. The highest BCUT2D eigenvalue weighted by molar-refractivity contribution is 6.13. The number of imide groups is 1. The first-order chi connectivity index (χ1) is 18.6. The number of aryl methyl sites for hydroxylation is 1. The van der Waals surface area contributed by atoms with Crippen molar-refractivity contribution in [2.75, 3.05) is 17.2 Å². The van der Waals surface area contributed by atoms with Crippen LogP contribution in [0.5, 0.6) is 0 Å². The molecule has 8 nitrogen and oxygen atoms in total. The number of carbonyl (C=O) groups is 3. The third-order valence-electron chi connectivity index (χ3n) is 8.12. The predicted octanol–water partition coefficient (Wildman–Crippen LogP) is 4.23. The van der Waals surface area contributed by atoms with Crippen molar-refractivity contribution in [3.8, 4) is 0 Å². The van der Waals surface area contributed by atoms with Crippen LogP contribution in [0.15, 0.2) is 42.6 Å². The minimum Gasteiger partial charge on any atom is -0.384 e. The Kier molecular flexibility index (Phi) is 7.51. The van der Waals surface area contributed by atoms with Gasteiger partial charge >= 0.3 is 12.2 Å². The van der Waals surface area contributed by atoms with Crippen LogP contribution in [0, 0.1) is 11.8 Å². The highest BCUT2D eigenvalue weighted by Gasteiger charge is 2.57. The molecular weight excluding hydrogens is 511 g/mol. The van der Waals surface area contributed by atoms with E-state index in [1.165, 1.54) is 6.20 Å². The van der Waals surface area contributed by atoms with E-state index >= 15 is 0 Å². The van der Waals surface area contributed by atoms with Crippen molar-refractivity contribution < 1.29 is 27.6 Å². The van der Waals surface area contributed by atoms with Crippen LogP contribution in [0.3, 0.4) is 0 Å². The first-order valence-corrected chi connectivity index (χ1v) is 13.4. The summed E-state index contributed by atoms with van der Waals surface area (Å²) in [4.78, 5) is 46.8. The molecule has 2 fully saturated rings. The number of para-hydroxylation sites is 1. The van der Waals surface area contributed by atoms with Gasteiger partial charge in [0, 0.05) is 18.4 Å². The second kappa shape index (κ2) is 10.9. The largest absolute Gasteiger partial charge is 0.408 e. The summed E-state index contributed by atoms with van der Waals surface area (Å²) >= 11 is 0. The zero-order chi connectivity index (χ0) is 27.7. The van der Waals surface area contributed by atoms with Gasteiger partial charge in [0.15, 0.2) is 0 Å². The van der Waals surface area contributed by atoms with Crippen molar-refractivity contribution in [2.45, 2.75) is 69.6 Å². The molecule has 2 unspecified atom stereocenters. The van der Waals surface area contributed by atoms with Crippen molar-refractivity contribution in [2.24, 2.45) is 11.8 Å². The summed E-state index contributed by atoms with van der Waals surface area (Å²) in [6.45, 7) is 0.387. The second-order valence-corrected chi connectivity index (χ2v) is 10.6. The number of likely N-dealkylation sites (tertiary alicyclic amines) is 1. The number of halogens is 3. The lowest BCUT2D eigenvalue weighted by Gasteiger charge is -2.47. The number of fused-ring (bicyclic) bond motifs is 1. The number of alkyl halides is 3. The summed E-state index contributed by atoms with van der Waals surface area (Å²) in [7, 11) is 0. The lowest BCUT2D eigenvalue weighted by Crippen LogP contribution is -2.72. The van der Waals surface area contributed by atoms with Gasteiger partial charge in [0.05, 0.1) is 5.92 Å². The van der Waals surface area contributed by atoms with E-state index in [0.29, 0.717) is 54.8 Å². The fourth-order valence-corrected chi connectivity index (χ4v) is 6.19.